The van der Waals surface area contributed by atoms with Gasteiger partial charge in [-0.2, -0.15) is 0 Å². The lowest BCUT2D eigenvalue weighted by Gasteiger charge is -2.44. The molecule has 0 aromatic heterocycles. The van der Waals surface area contributed by atoms with Crippen LogP contribution in [-0.4, -0.2) is 35.6 Å². The quantitative estimate of drug-likeness (QED) is 0.680. The fraction of sp³-hybridized carbons (Fsp3) is 1.00. The van der Waals surface area contributed by atoms with E-state index in [1.807, 2.05) is 0 Å². The molecule has 1 spiro atoms. The van der Waals surface area contributed by atoms with Crippen LogP contribution in [-0.2, 0) is 0 Å². The SMILES string of the molecule is CC(C)(C)N1CCCNC2(CCCCC2)C1. The minimum absolute atomic E-state index is 0.330. The summed E-state index contributed by atoms with van der Waals surface area (Å²) in [6.07, 6.45) is 8.37. The molecule has 2 nitrogen and oxygen atoms in total. The normalized spacial score (nSPS) is 27.9. The summed E-state index contributed by atoms with van der Waals surface area (Å²) in [5.74, 6) is 0. The van der Waals surface area contributed by atoms with E-state index in [1.165, 1.54) is 58.2 Å². The largest absolute Gasteiger partial charge is 0.310 e. The Labute approximate surface area is 101 Å². The molecule has 2 aliphatic rings. The first-order valence-electron chi connectivity index (χ1n) is 7.02. The highest BCUT2D eigenvalue weighted by atomic mass is 15.2. The predicted octanol–water partition coefficient (Wildman–Crippen LogP) is 2.78. The lowest BCUT2D eigenvalue weighted by Crippen LogP contribution is -2.56. The second-order valence-corrected chi connectivity index (χ2v) is 6.71. The maximum Gasteiger partial charge on any atom is 0.0309 e. The molecule has 2 fully saturated rings. The molecule has 1 saturated heterocycles. The highest BCUT2D eigenvalue weighted by Gasteiger charge is 2.37. The molecule has 1 heterocycles. The Hall–Kier alpha value is -0.0800. The fourth-order valence-corrected chi connectivity index (χ4v) is 3.26. The van der Waals surface area contributed by atoms with Gasteiger partial charge < -0.3 is 5.32 Å². The van der Waals surface area contributed by atoms with Crippen LogP contribution in [0, 0.1) is 0 Å². The lowest BCUT2D eigenvalue weighted by atomic mass is 9.81. The molecular weight excluding hydrogens is 196 g/mol. The first-order chi connectivity index (χ1) is 7.52. The van der Waals surface area contributed by atoms with Crippen molar-refractivity contribution >= 4 is 0 Å². The molecule has 0 radical (unpaired) electrons. The van der Waals surface area contributed by atoms with Crippen LogP contribution in [0.4, 0.5) is 0 Å². The van der Waals surface area contributed by atoms with Gasteiger partial charge >= 0.3 is 0 Å². The summed E-state index contributed by atoms with van der Waals surface area (Å²) in [5.41, 5.74) is 0.776. The van der Waals surface area contributed by atoms with Gasteiger partial charge in [0.2, 0.25) is 0 Å². The molecule has 0 atom stereocenters. The van der Waals surface area contributed by atoms with Crippen LogP contribution < -0.4 is 5.32 Å². The highest BCUT2D eigenvalue weighted by Crippen LogP contribution is 2.32. The van der Waals surface area contributed by atoms with Crippen molar-refractivity contribution in [2.24, 2.45) is 0 Å². The zero-order valence-corrected chi connectivity index (χ0v) is 11.3. The molecule has 1 saturated carbocycles. The van der Waals surface area contributed by atoms with Crippen molar-refractivity contribution in [2.75, 3.05) is 19.6 Å². The first-order valence-corrected chi connectivity index (χ1v) is 7.02. The van der Waals surface area contributed by atoms with Crippen molar-refractivity contribution in [1.29, 1.82) is 0 Å². The summed E-state index contributed by atoms with van der Waals surface area (Å²) >= 11 is 0. The van der Waals surface area contributed by atoms with Crippen LogP contribution in [0.2, 0.25) is 0 Å². The Morgan fingerprint density at radius 1 is 1.00 bits per heavy atom. The van der Waals surface area contributed by atoms with E-state index < -0.39 is 0 Å². The summed E-state index contributed by atoms with van der Waals surface area (Å²) in [6.45, 7) is 10.8. The molecule has 94 valence electrons. The van der Waals surface area contributed by atoms with Gasteiger partial charge in [-0.05, 0) is 53.1 Å². The maximum absolute atomic E-state index is 3.86. The van der Waals surface area contributed by atoms with E-state index >= 15 is 0 Å². The predicted molar refractivity (Wildman–Crippen MR) is 69.8 cm³/mol. The summed E-state index contributed by atoms with van der Waals surface area (Å²) in [7, 11) is 0. The van der Waals surface area contributed by atoms with Crippen molar-refractivity contribution in [3.63, 3.8) is 0 Å². The molecule has 0 amide bonds. The van der Waals surface area contributed by atoms with Gasteiger partial charge in [-0.25, -0.2) is 0 Å². The van der Waals surface area contributed by atoms with Crippen LogP contribution in [0.1, 0.15) is 59.3 Å². The fourth-order valence-electron chi connectivity index (χ4n) is 3.26. The molecule has 1 aliphatic heterocycles. The highest BCUT2D eigenvalue weighted by molar-refractivity contribution is 4.97. The lowest BCUT2D eigenvalue weighted by molar-refractivity contribution is 0.0897. The summed E-state index contributed by atoms with van der Waals surface area (Å²) in [4.78, 5) is 2.69. The Balaban J connectivity index is 2.08. The van der Waals surface area contributed by atoms with Gasteiger partial charge in [-0.1, -0.05) is 19.3 Å². The number of hydrogen-bond donors (Lipinski definition) is 1. The van der Waals surface area contributed by atoms with Gasteiger partial charge in [0.05, 0.1) is 0 Å². The number of nitrogens with one attached hydrogen (secondary N) is 1. The summed E-state index contributed by atoms with van der Waals surface area (Å²) in [5, 5.41) is 3.86. The monoisotopic (exact) mass is 224 g/mol. The molecular formula is C14H28N2. The van der Waals surface area contributed by atoms with Crippen LogP contribution in [0.15, 0.2) is 0 Å². The zero-order valence-electron chi connectivity index (χ0n) is 11.3. The molecule has 1 N–H and O–H groups in total. The zero-order chi connectivity index (χ0) is 11.6. The first kappa shape index (κ1) is 12.4. The van der Waals surface area contributed by atoms with Gasteiger partial charge in [0.1, 0.15) is 0 Å². The smallest absolute Gasteiger partial charge is 0.0309 e. The van der Waals surface area contributed by atoms with Crippen molar-refractivity contribution in [2.45, 2.75) is 70.4 Å². The van der Waals surface area contributed by atoms with Crippen LogP contribution in [0.5, 0.6) is 0 Å². The average molecular weight is 224 g/mol. The molecule has 0 aromatic rings. The molecule has 0 aromatic carbocycles. The minimum atomic E-state index is 0.330. The molecule has 0 unspecified atom stereocenters. The Kier molecular flexibility index (Phi) is 3.60. The third kappa shape index (κ3) is 2.78. The van der Waals surface area contributed by atoms with Crippen molar-refractivity contribution in [3.05, 3.63) is 0 Å². The van der Waals surface area contributed by atoms with E-state index in [-0.39, 0.29) is 0 Å². The van der Waals surface area contributed by atoms with E-state index in [9.17, 15) is 0 Å². The van der Waals surface area contributed by atoms with Crippen molar-refractivity contribution < 1.29 is 0 Å². The molecule has 2 rings (SSSR count). The Morgan fingerprint density at radius 3 is 2.31 bits per heavy atom. The second kappa shape index (κ2) is 4.66. The van der Waals surface area contributed by atoms with Crippen LogP contribution in [0.25, 0.3) is 0 Å². The van der Waals surface area contributed by atoms with Crippen LogP contribution in [0.3, 0.4) is 0 Å². The third-order valence-corrected chi connectivity index (χ3v) is 4.36. The third-order valence-electron chi connectivity index (χ3n) is 4.36. The Bertz CT molecular complexity index is 223. The number of hydrogen-bond acceptors (Lipinski definition) is 2. The van der Waals surface area contributed by atoms with Crippen molar-refractivity contribution in [3.8, 4) is 0 Å². The number of nitrogens with zero attached hydrogens (tertiary/aromatic N) is 1. The second-order valence-electron chi connectivity index (χ2n) is 6.71. The van der Waals surface area contributed by atoms with Gasteiger partial charge in [0.25, 0.3) is 0 Å². The van der Waals surface area contributed by atoms with Gasteiger partial charge in [0.15, 0.2) is 0 Å². The number of rotatable bonds is 0. The Morgan fingerprint density at radius 2 is 1.69 bits per heavy atom. The van der Waals surface area contributed by atoms with E-state index in [1.54, 1.807) is 0 Å². The topological polar surface area (TPSA) is 15.3 Å². The minimum Gasteiger partial charge on any atom is -0.310 e. The van der Waals surface area contributed by atoms with Crippen molar-refractivity contribution in [1.82, 2.24) is 10.2 Å². The molecule has 0 bridgehead atoms. The average Bonchev–Trinajstić information content (AvgIpc) is 2.42. The van der Waals surface area contributed by atoms with Gasteiger partial charge in [0, 0.05) is 17.6 Å². The molecule has 16 heavy (non-hydrogen) atoms. The van der Waals surface area contributed by atoms with E-state index in [4.69, 9.17) is 0 Å². The van der Waals surface area contributed by atoms with Crippen LogP contribution >= 0.6 is 0 Å². The maximum atomic E-state index is 3.86. The summed E-state index contributed by atoms with van der Waals surface area (Å²) < 4.78 is 0. The van der Waals surface area contributed by atoms with Gasteiger partial charge in [-0.3, -0.25) is 4.90 Å². The van der Waals surface area contributed by atoms with E-state index in [0.29, 0.717) is 11.1 Å². The van der Waals surface area contributed by atoms with Gasteiger partial charge in [-0.15, -0.1) is 0 Å². The molecule has 2 heteroatoms. The standard InChI is InChI=1S/C14H28N2/c1-13(2,3)16-11-7-10-15-14(12-16)8-5-4-6-9-14/h15H,4-12H2,1-3H3. The molecule has 1 aliphatic carbocycles. The van der Waals surface area contributed by atoms with E-state index in [2.05, 4.69) is 31.0 Å². The van der Waals surface area contributed by atoms with E-state index in [0.717, 1.165) is 0 Å². The summed E-state index contributed by atoms with van der Waals surface area (Å²) in [6, 6.07) is 0.